The Morgan fingerprint density at radius 1 is 1.37 bits per heavy atom. The van der Waals surface area contributed by atoms with Crippen molar-refractivity contribution in [3.8, 4) is 11.4 Å². The summed E-state index contributed by atoms with van der Waals surface area (Å²) in [4.78, 5) is 16.7. The second-order valence-electron chi connectivity index (χ2n) is 4.80. The lowest BCUT2D eigenvalue weighted by Gasteiger charge is -2.21. The van der Waals surface area contributed by atoms with Gasteiger partial charge >= 0.3 is 0 Å². The SMILES string of the molecule is CCn1c2c(cc(-c3nc(=S)[nH][nH]3)c1=O)CCCC2. The smallest absolute Gasteiger partial charge is 0.261 e. The minimum atomic E-state index is 0.0147. The van der Waals surface area contributed by atoms with Gasteiger partial charge in [-0.3, -0.25) is 15.0 Å². The maximum Gasteiger partial charge on any atom is 0.261 e. The second kappa shape index (κ2) is 4.77. The van der Waals surface area contributed by atoms with E-state index < -0.39 is 0 Å². The number of pyridine rings is 1. The molecule has 2 aromatic rings. The van der Waals surface area contributed by atoms with E-state index in [9.17, 15) is 4.79 Å². The summed E-state index contributed by atoms with van der Waals surface area (Å²) in [5.74, 6) is 0.533. The van der Waals surface area contributed by atoms with Crippen LogP contribution in [0.5, 0.6) is 0 Å². The van der Waals surface area contributed by atoms with Crippen molar-refractivity contribution in [1.82, 2.24) is 19.7 Å². The van der Waals surface area contributed by atoms with Gasteiger partial charge in [-0.1, -0.05) is 0 Å². The fourth-order valence-electron chi connectivity index (χ4n) is 2.78. The van der Waals surface area contributed by atoms with E-state index in [-0.39, 0.29) is 5.56 Å². The summed E-state index contributed by atoms with van der Waals surface area (Å²) in [6.45, 7) is 2.70. The first-order valence-corrected chi connectivity index (χ1v) is 7.02. The van der Waals surface area contributed by atoms with Crippen molar-refractivity contribution in [2.75, 3.05) is 0 Å². The lowest BCUT2D eigenvalue weighted by molar-refractivity contribution is 0.592. The first-order chi connectivity index (χ1) is 9.20. The van der Waals surface area contributed by atoms with Crippen LogP contribution >= 0.6 is 12.2 Å². The number of hydrogen-bond acceptors (Lipinski definition) is 3. The summed E-state index contributed by atoms with van der Waals surface area (Å²) >= 11 is 4.95. The number of hydrogen-bond donors (Lipinski definition) is 2. The Morgan fingerprint density at radius 3 is 2.84 bits per heavy atom. The van der Waals surface area contributed by atoms with Crippen LogP contribution in [0, 0.1) is 4.77 Å². The van der Waals surface area contributed by atoms with Crippen LogP contribution < -0.4 is 5.56 Å². The Balaban J connectivity index is 2.26. The van der Waals surface area contributed by atoms with Gasteiger partial charge < -0.3 is 4.57 Å². The average molecular weight is 276 g/mol. The average Bonchev–Trinajstić information content (AvgIpc) is 2.84. The maximum absolute atomic E-state index is 12.5. The van der Waals surface area contributed by atoms with Crippen LogP contribution in [0.3, 0.4) is 0 Å². The van der Waals surface area contributed by atoms with Gasteiger partial charge in [-0.05, 0) is 56.5 Å². The minimum absolute atomic E-state index is 0.0147. The van der Waals surface area contributed by atoms with Crippen molar-refractivity contribution in [2.24, 2.45) is 0 Å². The van der Waals surface area contributed by atoms with Crippen molar-refractivity contribution >= 4 is 12.2 Å². The molecule has 1 aliphatic rings. The van der Waals surface area contributed by atoms with E-state index in [4.69, 9.17) is 12.2 Å². The first kappa shape index (κ1) is 12.3. The number of nitrogens with one attached hydrogen (secondary N) is 2. The van der Waals surface area contributed by atoms with Gasteiger partial charge in [0.05, 0.1) is 5.56 Å². The summed E-state index contributed by atoms with van der Waals surface area (Å²) < 4.78 is 2.24. The number of rotatable bonds is 2. The van der Waals surface area contributed by atoms with E-state index in [2.05, 4.69) is 15.2 Å². The molecule has 0 spiro atoms. The molecule has 0 aliphatic heterocycles. The number of H-pyrrole nitrogens is 2. The highest BCUT2D eigenvalue weighted by molar-refractivity contribution is 7.71. The molecule has 3 rings (SSSR count). The topological polar surface area (TPSA) is 66.5 Å². The van der Waals surface area contributed by atoms with Crippen molar-refractivity contribution in [3.05, 3.63) is 32.4 Å². The van der Waals surface area contributed by atoms with Crippen LogP contribution in [0.2, 0.25) is 0 Å². The van der Waals surface area contributed by atoms with Gasteiger partial charge in [0.1, 0.15) is 0 Å². The number of fused-ring (bicyclic) bond motifs is 1. The van der Waals surface area contributed by atoms with Crippen LogP contribution in [0.1, 0.15) is 31.0 Å². The molecule has 2 aromatic heterocycles. The third-order valence-electron chi connectivity index (χ3n) is 3.67. The molecule has 100 valence electrons. The molecule has 2 N–H and O–H groups in total. The van der Waals surface area contributed by atoms with Gasteiger partial charge in [-0.2, -0.15) is 4.98 Å². The molecule has 0 aromatic carbocycles. The largest absolute Gasteiger partial charge is 0.312 e. The number of aromatic nitrogens is 4. The fraction of sp³-hybridized carbons (Fsp3) is 0.462. The third-order valence-corrected chi connectivity index (χ3v) is 3.87. The van der Waals surface area contributed by atoms with Gasteiger partial charge in [0.25, 0.3) is 5.56 Å². The number of aryl methyl sites for hydroxylation is 1. The highest BCUT2D eigenvalue weighted by atomic mass is 32.1. The summed E-state index contributed by atoms with van der Waals surface area (Å²) in [7, 11) is 0. The molecule has 5 nitrogen and oxygen atoms in total. The molecule has 0 saturated heterocycles. The zero-order valence-corrected chi connectivity index (χ0v) is 11.6. The van der Waals surface area contributed by atoms with Crippen molar-refractivity contribution < 1.29 is 0 Å². The van der Waals surface area contributed by atoms with E-state index >= 15 is 0 Å². The van der Waals surface area contributed by atoms with Gasteiger partial charge in [-0.15, -0.1) is 0 Å². The molecule has 6 heteroatoms. The van der Waals surface area contributed by atoms with Crippen molar-refractivity contribution in [3.63, 3.8) is 0 Å². The number of aromatic amines is 2. The molecule has 0 atom stereocenters. The summed E-state index contributed by atoms with van der Waals surface area (Å²) in [6, 6.07) is 1.98. The van der Waals surface area contributed by atoms with E-state index in [0.717, 1.165) is 19.3 Å². The molecule has 0 unspecified atom stereocenters. The summed E-state index contributed by atoms with van der Waals surface area (Å²) in [5, 5.41) is 5.61. The molecular weight excluding hydrogens is 260 g/mol. The first-order valence-electron chi connectivity index (χ1n) is 6.61. The van der Waals surface area contributed by atoms with Crippen LogP contribution in [-0.4, -0.2) is 19.7 Å². The summed E-state index contributed by atoms with van der Waals surface area (Å²) in [5.41, 5.74) is 3.08. The Kier molecular flexibility index (Phi) is 3.10. The van der Waals surface area contributed by atoms with E-state index in [0.29, 0.717) is 22.7 Å². The van der Waals surface area contributed by atoms with E-state index in [1.54, 1.807) is 0 Å². The molecule has 0 saturated carbocycles. The van der Waals surface area contributed by atoms with Gasteiger partial charge in [0.2, 0.25) is 4.77 Å². The zero-order valence-electron chi connectivity index (χ0n) is 10.8. The highest BCUT2D eigenvalue weighted by Crippen LogP contribution is 2.23. The molecule has 0 bridgehead atoms. The monoisotopic (exact) mass is 276 g/mol. The molecule has 0 radical (unpaired) electrons. The molecule has 1 aliphatic carbocycles. The zero-order chi connectivity index (χ0) is 13.4. The predicted octanol–water partition coefficient (Wildman–Crippen LogP) is 2.19. The molecule has 0 fully saturated rings. The lowest BCUT2D eigenvalue weighted by atomic mass is 9.94. The fourth-order valence-corrected chi connectivity index (χ4v) is 2.92. The van der Waals surface area contributed by atoms with E-state index in [1.807, 2.05) is 17.6 Å². The van der Waals surface area contributed by atoms with Crippen LogP contribution in [0.25, 0.3) is 11.4 Å². The van der Waals surface area contributed by atoms with Crippen molar-refractivity contribution in [1.29, 1.82) is 0 Å². The Morgan fingerprint density at radius 2 is 2.16 bits per heavy atom. The third kappa shape index (κ3) is 2.06. The molecule has 2 heterocycles. The van der Waals surface area contributed by atoms with Gasteiger partial charge in [0.15, 0.2) is 5.82 Å². The van der Waals surface area contributed by atoms with Gasteiger partial charge in [-0.25, -0.2) is 0 Å². The van der Waals surface area contributed by atoms with Gasteiger partial charge in [0, 0.05) is 12.2 Å². The molecule has 0 amide bonds. The van der Waals surface area contributed by atoms with Crippen LogP contribution in [0.15, 0.2) is 10.9 Å². The normalized spacial score (nSPS) is 14.4. The second-order valence-corrected chi connectivity index (χ2v) is 5.19. The minimum Gasteiger partial charge on any atom is -0.312 e. The Labute approximate surface area is 115 Å². The van der Waals surface area contributed by atoms with E-state index in [1.165, 1.54) is 17.7 Å². The molecule has 19 heavy (non-hydrogen) atoms. The number of nitrogens with zero attached hydrogens (tertiary/aromatic N) is 2. The Bertz CT molecular complexity index is 725. The van der Waals surface area contributed by atoms with Crippen molar-refractivity contribution in [2.45, 2.75) is 39.2 Å². The van der Waals surface area contributed by atoms with Crippen LogP contribution in [-0.2, 0) is 19.4 Å². The summed E-state index contributed by atoms with van der Waals surface area (Å²) in [6.07, 6.45) is 4.38. The quantitative estimate of drug-likeness (QED) is 0.826. The Hall–Kier alpha value is -1.69. The lowest BCUT2D eigenvalue weighted by Crippen LogP contribution is -2.27. The highest BCUT2D eigenvalue weighted by Gasteiger charge is 2.18. The molecular formula is C13H16N4OS. The van der Waals surface area contributed by atoms with Crippen LogP contribution in [0.4, 0.5) is 0 Å². The standard InChI is InChI=1S/C13H16N4OS/c1-2-17-10-6-4-3-5-8(10)7-9(12(17)18)11-14-13(19)16-15-11/h7H,2-6H2,1H3,(H2,14,15,16,19). The maximum atomic E-state index is 12.5. The predicted molar refractivity (Wildman–Crippen MR) is 75.8 cm³/mol.